The molecule has 1 aromatic carbocycles. The molecule has 0 unspecified atom stereocenters. The van der Waals surface area contributed by atoms with Crippen molar-refractivity contribution in [2.45, 2.75) is 26.2 Å². The van der Waals surface area contributed by atoms with Crippen molar-refractivity contribution in [1.82, 2.24) is 15.2 Å². The van der Waals surface area contributed by atoms with Gasteiger partial charge in [0.15, 0.2) is 0 Å². The van der Waals surface area contributed by atoms with Gasteiger partial charge < -0.3 is 4.90 Å². The number of aromatic amines is 1. The van der Waals surface area contributed by atoms with Crippen molar-refractivity contribution in [1.29, 1.82) is 0 Å². The topological polar surface area (TPSA) is 61.9 Å². The summed E-state index contributed by atoms with van der Waals surface area (Å²) in [4.78, 5) is 18.4. The van der Waals surface area contributed by atoms with Gasteiger partial charge in [0.25, 0.3) is 0 Å². The van der Waals surface area contributed by atoms with E-state index in [1.165, 1.54) is 0 Å². The number of benzene rings is 1. The van der Waals surface area contributed by atoms with Crippen molar-refractivity contribution < 1.29 is 4.79 Å². The average Bonchev–Trinajstić information content (AvgIpc) is 3.15. The molecule has 1 aliphatic rings. The molecular formula is C20H20N4O. The molecule has 5 heteroatoms. The van der Waals surface area contributed by atoms with E-state index in [0.717, 1.165) is 39.3 Å². The van der Waals surface area contributed by atoms with Crippen molar-refractivity contribution >= 4 is 11.6 Å². The molecule has 0 spiro atoms. The first-order chi connectivity index (χ1) is 11.9. The summed E-state index contributed by atoms with van der Waals surface area (Å²) in [5.74, 6) is 0.119. The molecular weight excluding hydrogens is 312 g/mol. The zero-order valence-electron chi connectivity index (χ0n) is 14.8. The van der Waals surface area contributed by atoms with Gasteiger partial charge in [-0.25, -0.2) is 0 Å². The van der Waals surface area contributed by atoms with E-state index in [9.17, 15) is 4.79 Å². The standard InChI is InChI=1S/C20H20N4O/c1-12-7-14(11-21-10-12)17-9-16(22-23-17)13-5-6-15-18(8-13)24(4)19(25)20(15,2)3/h5-11H,1-4H3,(H,22,23). The number of aromatic nitrogens is 3. The van der Waals surface area contributed by atoms with Gasteiger partial charge in [-0.05, 0) is 50.1 Å². The van der Waals surface area contributed by atoms with Crippen molar-refractivity contribution in [2.75, 3.05) is 11.9 Å². The minimum absolute atomic E-state index is 0.119. The fraction of sp³-hybridized carbons (Fsp3) is 0.250. The lowest BCUT2D eigenvalue weighted by Crippen LogP contribution is -2.33. The number of aryl methyl sites for hydroxylation is 1. The summed E-state index contributed by atoms with van der Waals surface area (Å²) < 4.78 is 0. The van der Waals surface area contributed by atoms with Crippen molar-refractivity contribution in [3.8, 4) is 22.5 Å². The number of H-pyrrole nitrogens is 1. The Morgan fingerprint density at radius 2 is 1.88 bits per heavy atom. The molecule has 0 saturated heterocycles. The average molecular weight is 332 g/mol. The lowest BCUT2D eigenvalue weighted by molar-refractivity contribution is -0.121. The lowest BCUT2D eigenvalue weighted by Gasteiger charge is -2.16. The van der Waals surface area contributed by atoms with E-state index in [0.29, 0.717) is 0 Å². The van der Waals surface area contributed by atoms with Crippen LogP contribution in [0, 0.1) is 6.92 Å². The molecule has 5 nitrogen and oxygen atoms in total. The van der Waals surface area contributed by atoms with E-state index >= 15 is 0 Å². The van der Waals surface area contributed by atoms with E-state index in [1.807, 2.05) is 64.5 Å². The van der Waals surface area contributed by atoms with Crippen LogP contribution in [0.4, 0.5) is 5.69 Å². The van der Waals surface area contributed by atoms with Gasteiger partial charge in [0.2, 0.25) is 5.91 Å². The molecule has 3 aromatic rings. The molecule has 1 amide bonds. The second-order valence-electron chi connectivity index (χ2n) is 7.14. The molecule has 3 heterocycles. The Morgan fingerprint density at radius 1 is 1.08 bits per heavy atom. The lowest BCUT2D eigenvalue weighted by atomic mass is 9.85. The van der Waals surface area contributed by atoms with Gasteiger partial charge in [-0.2, -0.15) is 5.10 Å². The summed E-state index contributed by atoms with van der Waals surface area (Å²) in [5.41, 5.74) is 6.41. The zero-order chi connectivity index (χ0) is 17.8. The molecule has 1 aliphatic heterocycles. The highest BCUT2D eigenvalue weighted by Crippen LogP contribution is 2.42. The monoisotopic (exact) mass is 332 g/mol. The smallest absolute Gasteiger partial charge is 0.236 e. The number of fused-ring (bicyclic) bond motifs is 1. The summed E-state index contributed by atoms with van der Waals surface area (Å²) in [7, 11) is 1.83. The molecule has 0 aliphatic carbocycles. The number of nitrogens with one attached hydrogen (secondary N) is 1. The maximum Gasteiger partial charge on any atom is 0.236 e. The van der Waals surface area contributed by atoms with Crippen LogP contribution in [0.2, 0.25) is 0 Å². The first-order valence-electron chi connectivity index (χ1n) is 8.28. The number of pyridine rings is 1. The van der Waals surface area contributed by atoms with Crippen LogP contribution < -0.4 is 4.90 Å². The third-order valence-corrected chi connectivity index (χ3v) is 4.93. The summed E-state index contributed by atoms with van der Waals surface area (Å²) >= 11 is 0. The van der Waals surface area contributed by atoms with Crippen LogP contribution in [0.15, 0.2) is 42.7 Å². The van der Waals surface area contributed by atoms with E-state index < -0.39 is 5.41 Å². The number of carbonyl (C=O) groups is 1. The van der Waals surface area contributed by atoms with Gasteiger partial charge in [-0.1, -0.05) is 12.1 Å². The Labute approximate surface area is 146 Å². The fourth-order valence-electron chi connectivity index (χ4n) is 3.46. The van der Waals surface area contributed by atoms with Gasteiger partial charge in [-0.15, -0.1) is 0 Å². The van der Waals surface area contributed by atoms with Gasteiger partial charge in [0.05, 0.1) is 16.8 Å². The SMILES string of the molecule is Cc1cncc(-c2cc(-c3ccc4c(c3)N(C)C(=O)C4(C)C)n[nH]2)c1. The fourth-order valence-corrected chi connectivity index (χ4v) is 3.46. The molecule has 0 atom stereocenters. The highest BCUT2D eigenvalue weighted by atomic mass is 16.2. The third-order valence-electron chi connectivity index (χ3n) is 4.93. The third kappa shape index (κ3) is 2.35. The van der Waals surface area contributed by atoms with E-state index in [-0.39, 0.29) is 5.91 Å². The number of likely N-dealkylation sites (N-methyl/N-ethyl adjacent to an activating group) is 1. The maximum atomic E-state index is 12.4. The number of hydrogen-bond donors (Lipinski definition) is 1. The first kappa shape index (κ1) is 15.6. The van der Waals surface area contributed by atoms with Crippen LogP contribution in [0.1, 0.15) is 25.0 Å². The minimum Gasteiger partial charge on any atom is -0.314 e. The summed E-state index contributed by atoms with van der Waals surface area (Å²) in [5, 5.41) is 7.52. The number of amides is 1. The maximum absolute atomic E-state index is 12.4. The molecule has 1 N–H and O–H groups in total. The summed E-state index contributed by atoms with van der Waals surface area (Å²) in [6, 6.07) is 10.2. The number of carbonyl (C=O) groups excluding carboxylic acids is 1. The van der Waals surface area contributed by atoms with Gasteiger partial charge in [0.1, 0.15) is 0 Å². The van der Waals surface area contributed by atoms with Crippen LogP contribution in [-0.4, -0.2) is 28.1 Å². The number of hydrogen-bond acceptors (Lipinski definition) is 3. The first-order valence-corrected chi connectivity index (χ1v) is 8.28. The zero-order valence-corrected chi connectivity index (χ0v) is 14.8. The highest BCUT2D eigenvalue weighted by molar-refractivity contribution is 6.07. The van der Waals surface area contributed by atoms with Crippen LogP contribution in [0.5, 0.6) is 0 Å². The van der Waals surface area contributed by atoms with E-state index in [4.69, 9.17) is 0 Å². The number of anilines is 1. The molecule has 0 radical (unpaired) electrons. The van der Waals surface area contributed by atoms with Gasteiger partial charge in [0, 0.05) is 36.3 Å². The van der Waals surface area contributed by atoms with Crippen LogP contribution in [0.3, 0.4) is 0 Å². The predicted octanol–water partition coefficient (Wildman–Crippen LogP) is 3.70. The predicted molar refractivity (Wildman–Crippen MR) is 98.4 cm³/mol. The normalized spacial score (nSPS) is 15.5. The largest absolute Gasteiger partial charge is 0.314 e. The van der Waals surface area contributed by atoms with Crippen molar-refractivity contribution in [2.24, 2.45) is 0 Å². The number of rotatable bonds is 2. The molecule has 126 valence electrons. The molecule has 0 bridgehead atoms. The molecule has 25 heavy (non-hydrogen) atoms. The Hall–Kier alpha value is -2.95. The van der Waals surface area contributed by atoms with Gasteiger partial charge >= 0.3 is 0 Å². The Balaban J connectivity index is 1.74. The number of nitrogens with zero attached hydrogens (tertiary/aromatic N) is 3. The molecule has 0 fully saturated rings. The Bertz CT molecular complexity index is 987. The minimum atomic E-state index is -0.480. The molecule has 2 aromatic heterocycles. The highest BCUT2D eigenvalue weighted by Gasteiger charge is 2.42. The molecule has 0 saturated carbocycles. The van der Waals surface area contributed by atoms with E-state index in [1.54, 1.807) is 4.90 Å². The second kappa shape index (κ2) is 5.28. The summed E-state index contributed by atoms with van der Waals surface area (Å²) in [6.07, 6.45) is 3.65. The van der Waals surface area contributed by atoms with Crippen molar-refractivity contribution in [3.63, 3.8) is 0 Å². The Morgan fingerprint density at radius 3 is 2.64 bits per heavy atom. The quantitative estimate of drug-likeness (QED) is 0.778. The second-order valence-corrected chi connectivity index (χ2v) is 7.14. The molecule has 4 rings (SSSR count). The van der Waals surface area contributed by atoms with Crippen LogP contribution in [0.25, 0.3) is 22.5 Å². The van der Waals surface area contributed by atoms with Crippen molar-refractivity contribution in [3.05, 3.63) is 53.9 Å². The summed E-state index contributed by atoms with van der Waals surface area (Å²) in [6.45, 7) is 5.95. The van der Waals surface area contributed by atoms with Crippen LogP contribution >= 0.6 is 0 Å². The Kier molecular flexibility index (Phi) is 3.29. The van der Waals surface area contributed by atoms with Gasteiger partial charge in [-0.3, -0.25) is 14.9 Å². The van der Waals surface area contributed by atoms with Crippen LogP contribution in [-0.2, 0) is 10.2 Å². The van der Waals surface area contributed by atoms with E-state index in [2.05, 4.69) is 21.2 Å².